The summed E-state index contributed by atoms with van der Waals surface area (Å²) < 4.78 is 0. The molecule has 6 heteroatoms. The zero-order valence-electron chi connectivity index (χ0n) is 9.27. The van der Waals surface area contributed by atoms with Crippen molar-refractivity contribution in [3.63, 3.8) is 0 Å². The van der Waals surface area contributed by atoms with Crippen molar-refractivity contribution in [2.24, 2.45) is 0 Å². The normalized spacial score (nSPS) is 9.78. The second-order valence-electron chi connectivity index (χ2n) is 3.55. The number of aromatic nitrogens is 2. The van der Waals surface area contributed by atoms with Gasteiger partial charge in [-0.2, -0.15) is 5.26 Å². The molecule has 1 heterocycles. The van der Waals surface area contributed by atoms with E-state index in [1.54, 1.807) is 12.1 Å². The summed E-state index contributed by atoms with van der Waals surface area (Å²) in [5.74, 6) is 0.299. The van der Waals surface area contributed by atoms with Crippen molar-refractivity contribution in [3.05, 3.63) is 51.5 Å². The first-order chi connectivity index (χ1) is 8.70. The van der Waals surface area contributed by atoms with Gasteiger partial charge in [0.25, 0.3) is 5.56 Å². The Bertz CT molecular complexity index is 642. The molecule has 0 bridgehead atoms. The highest BCUT2D eigenvalue weighted by molar-refractivity contribution is 6.32. The van der Waals surface area contributed by atoms with Crippen molar-refractivity contribution in [2.45, 2.75) is 6.42 Å². The molecule has 0 fully saturated rings. The highest BCUT2D eigenvalue weighted by Gasteiger charge is 2.05. The van der Waals surface area contributed by atoms with E-state index >= 15 is 0 Å². The molecular weight excluding hydrogens is 252 g/mol. The topological polar surface area (TPSA) is 81.6 Å². The fourth-order valence-corrected chi connectivity index (χ4v) is 1.55. The van der Waals surface area contributed by atoms with E-state index in [4.69, 9.17) is 16.9 Å². The Labute approximate surface area is 108 Å². The van der Waals surface area contributed by atoms with Crippen LogP contribution in [-0.4, -0.2) is 9.97 Å². The van der Waals surface area contributed by atoms with Gasteiger partial charge in [-0.1, -0.05) is 23.7 Å². The van der Waals surface area contributed by atoms with Crippen LogP contribution in [0.3, 0.4) is 0 Å². The molecule has 0 radical (unpaired) electrons. The Balaban J connectivity index is 2.21. The maximum absolute atomic E-state index is 11.3. The van der Waals surface area contributed by atoms with Crippen molar-refractivity contribution >= 4 is 23.1 Å². The first-order valence-electron chi connectivity index (χ1n) is 5.17. The standard InChI is InChI=1S/C12H9ClN4O/c13-10-11(15-7-16-12(10)18)17-9-3-1-8(2-4-9)5-6-14/h1-4,7H,5H2,(H2,15,16,17,18). The highest BCUT2D eigenvalue weighted by atomic mass is 35.5. The van der Waals surface area contributed by atoms with E-state index in [9.17, 15) is 4.79 Å². The second kappa shape index (κ2) is 5.34. The van der Waals surface area contributed by atoms with Gasteiger partial charge in [0.15, 0.2) is 5.82 Å². The van der Waals surface area contributed by atoms with Crippen LogP contribution in [0.2, 0.25) is 5.02 Å². The third-order valence-corrected chi connectivity index (χ3v) is 2.65. The minimum atomic E-state index is -0.393. The molecule has 0 amide bonds. The monoisotopic (exact) mass is 260 g/mol. The number of nitriles is 1. The number of nitrogens with zero attached hydrogens (tertiary/aromatic N) is 2. The third-order valence-electron chi connectivity index (χ3n) is 2.30. The molecule has 2 aromatic rings. The molecule has 2 N–H and O–H groups in total. The number of benzene rings is 1. The second-order valence-corrected chi connectivity index (χ2v) is 3.93. The number of hydrogen-bond acceptors (Lipinski definition) is 4. The van der Waals surface area contributed by atoms with Crippen molar-refractivity contribution in [1.29, 1.82) is 5.26 Å². The largest absolute Gasteiger partial charge is 0.339 e. The number of H-pyrrole nitrogens is 1. The van der Waals surface area contributed by atoms with Crippen LogP contribution < -0.4 is 10.9 Å². The predicted molar refractivity (Wildman–Crippen MR) is 68.9 cm³/mol. The zero-order valence-corrected chi connectivity index (χ0v) is 10.0. The van der Waals surface area contributed by atoms with Gasteiger partial charge in [0.2, 0.25) is 0 Å². The molecule has 0 spiro atoms. The lowest BCUT2D eigenvalue weighted by molar-refractivity contribution is 1.12. The molecule has 0 saturated carbocycles. The van der Waals surface area contributed by atoms with Gasteiger partial charge in [-0.3, -0.25) is 4.79 Å². The fourth-order valence-electron chi connectivity index (χ4n) is 1.40. The number of halogens is 1. The summed E-state index contributed by atoms with van der Waals surface area (Å²) >= 11 is 5.81. The number of nitrogens with one attached hydrogen (secondary N) is 2. The molecule has 0 unspecified atom stereocenters. The molecule has 0 atom stereocenters. The zero-order chi connectivity index (χ0) is 13.0. The van der Waals surface area contributed by atoms with Gasteiger partial charge < -0.3 is 10.3 Å². The third kappa shape index (κ3) is 2.67. The first kappa shape index (κ1) is 12.1. The summed E-state index contributed by atoms with van der Waals surface area (Å²) in [4.78, 5) is 17.6. The van der Waals surface area contributed by atoms with Crippen LogP contribution in [0.25, 0.3) is 0 Å². The van der Waals surface area contributed by atoms with Gasteiger partial charge >= 0.3 is 0 Å². The smallest absolute Gasteiger partial charge is 0.271 e. The van der Waals surface area contributed by atoms with Crippen molar-refractivity contribution in [2.75, 3.05) is 5.32 Å². The summed E-state index contributed by atoms with van der Waals surface area (Å²) in [6.45, 7) is 0. The van der Waals surface area contributed by atoms with E-state index in [-0.39, 0.29) is 5.02 Å². The molecule has 1 aromatic heterocycles. The Morgan fingerprint density at radius 3 is 2.78 bits per heavy atom. The molecule has 0 aliphatic carbocycles. The minimum Gasteiger partial charge on any atom is -0.339 e. The molecule has 90 valence electrons. The highest BCUT2D eigenvalue weighted by Crippen LogP contribution is 2.19. The number of aromatic amines is 1. The molecular formula is C12H9ClN4O. The van der Waals surface area contributed by atoms with E-state index in [1.807, 2.05) is 12.1 Å². The van der Waals surface area contributed by atoms with Crippen molar-refractivity contribution < 1.29 is 0 Å². The predicted octanol–water partition coefficient (Wildman–Crippen LogP) is 2.23. The Morgan fingerprint density at radius 1 is 1.39 bits per heavy atom. The maximum atomic E-state index is 11.3. The molecule has 5 nitrogen and oxygen atoms in total. The SMILES string of the molecule is N#CCc1ccc(Nc2nc[nH]c(=O)c2Cl)cc1. The average molecular weight is 261 g/mol. The van der Waals surface area contributed by atoms with Gasteiger partial charge in [-0.15, -0.1) is 0 Å². The fraction of sp³-hybridized carbons (Fsp3) is 0.0833. The summed E-state index contributed by atoms with van der Waals surface area (Å²) in [5, 5.41) is 11.5. The molecule has 0 aliphatic heterocycles. The Hall–Kier alpha value is -2.32. The molecule has 2 rings (SSSR count). The van der Waals surface area contributed by atoms with Gasteiger partial charge in [-0.05, 0) is 17.7 Å². The molecule has 18 heavy (non-hydrogen) atoms. The van der Waals surface area contributed by atoms with Crippen LogP contribution in [0.4, 0.5) is 11.5 Å². The average Bonchev–Trinajstić information content (AvgIpc) is 2.38. The van der Waals surface area contributed by atoms with Crippen molar-refractivity contribution in [1.82, 2.24) is 9.97 Å². The van der Waals surface area contributed by atoms with Gasteiger partial charge in [-0.25, -0.2) is 4.98 Å². The molecule has 1 aromatic carbocycles. The summed E-state index contributed by atoms with van der Waals surface area (Å²) in [6.07, 6.45) is 1.64. The summed E-state index contributed by atoms with van der Waals surface area (Å²) in [7, 11) is 0. The molecule has 0 aliphatic rings. The summed E-state index contributed by atoms with van der Waals surface area (Å²) in [6, 6.07) is 9.32. The lowest BCUT2D eigenvalue weighted by atomic mass is 10.1. The molecule has 0 saturated heterocycles. The van der Waals surface area contributed by atoms with Gasteiger partial charge in [0.05, 0.1) is 18.8 Å². The Kier molecular flexibility index (Phi) is 3.60. The van der Waals surface area contributed by atoms with Gasteiger partial charge in [0, 0.05) is 5.69 Å². The van der Waals surface area contributed by atoms with Crippen LogP contribution in [0.15, 0.2) is 35.4 Å². The van der Waals surface area contributed by atoms with Crippen LogP contribution >= 0.6 is 11.6 Å². The Morgan fingerprint density at radius 2 is 2.11 bits per heavy atom. The van der Waals surface area contributed by atoms with Crippen LogP contribution in [-0.2, 0) is 6.42 Å². The van der Waals surface area contributed by atoms with Gasteiger partial charge in [0.1, 0.15) is 5.02 Å². The van der Waals surface area contributed by atoms with Crippen LogP contribution in [0, 0.1) is 11.3 Å². The number of anilines is 2. The number of hydrogen-bond donors (Lipinski definition) is 2. The van der Waals surface area contributed by atoms with E-state index in [1.165, 1.54) is 6.33 Å². The van der Waals surface area contributed by atoms with E-state index in [2.05, 4.69) is 21.4 Å². The maximum Gasteiger partial charge on any atom is 0.271 e. The lowest BCUT2D eigenvalue weighted by Gasteiger charge is -2.06. The van der Waals surface area contributed by atoms with E-state index < -0.39 is 5.56 Å². The van der Waals surface area contributed by atoms with E-state index in [0.717, 1.165) is 11.3 Å². The number of rotatable bonds is 3. The lowest BCUT2D eigenvalue weighted by Crippen LogP contribution is -2.09. The van der Waals surface area contributed by atoms with Crippen molar-refractivity contribution in [3.8, 4) is 6.07 Å². The quantitative estimate of drug-likeness (QED) is 0.887. The first-order valence-corrected chi connectivity index (χ1v) is 5.54. The summed E-state index contributed by atoms with van der Waals surface area (Å²) in [5.41, 5.74) is 1.28. The van der Waals surface area contributed by atoms with Crippen LogP contribution in [0.5, 0.6) is 0 Å². The van der Waals surface area contributed by atoms with E-state index in [0.29, 0.717) is 12.2 Å². The van der Waals surface area contributed by atoms with Crippen LogP contribution in [0.1, 0.15) is 5.56 Å². The minimum absolute atomic E-state index is 0.0126.